The Hall–Kier alpha value is -2.00. The summed E-state index contributed by atoms with van der Waals surface area (Å²) < 4.78 is 5.66. The molecule has 0 saturated heterocycles. The highest BCUT2D eigenvalue weighted by Crippen LogP contribution is 2.20. The Balaban J connectivity index is 1.83. The lowest BCUT2D eigenvalue weighted by atomic mass is 10.1. The Kier molecular flexibility index (Phi) is 5.23. The summed E-state index contributed by atoms with van der Waals surface area (Å²) in [5, 5.41) is 3.39. The van der Waals surface area contributed by atoms with Crippen molar-refractivity contribution in [3.8, 4) is 5.75 Å². The summed E-state index contributed by atoms with van der Waals surface area (Å²) in [7, 11) is 0. The molecule has 0 aliphatic heterocycles. The van der Waals surface area contributed by atoms with Crippen molar-refractivity contribution in [3.05, 3.63) is 58.6 Å². The Morgan fingerprint density at radius 1 is 1.19 bits per heavy atom. The van der Waals surface area contributed by atoms with Gasteiger partial charge in [-0.1, -0.05) is 29.8 Å². The Labute approximate surface area is 129 Å². The first kappa shape index (κ1) is 15.4. The maximum atomic E-state index is 11.8. The van der Waals surface area contributed by atoms with Crippen molar-refractivity contribution < 1.29 is 9.53 Å². The van der Waals surface area contributed by atoms with Gasteiger partial charge >= 0.3 is 0 Å². The van der Waals surface area contributed by atoms with Crippen molar-refractivity contribution in [1.29, 1.82) is 0 Å². The average molecular weight is 304 g/mol. The van der Waals surface area contributed by atoms with Gasteiger partial charge < -0.3 is 10.1 Å². The number of halogens is 1. The van der Waals surface area contributed by atoms with E-state index >= 15 is 0 Å². The zero-order valence-corrected chi connectivity index (χ0v) is 12.9. The van der Waals surface area contributed by atoms with Gasteiger partial charge in [0.1, 0.15) is 5.75 Å². The topological polar surface area (TPSA) is 38.3 Å². The first-order valence-corrected chi connectivity index (χ1v) is 7.18. The van der Waals surface area contributed by atoms with Crippen LogP contribution in [0.15, 0.2) is 42.5 Å². The van der Waals surface area contributed by atoms with E-state index in [-0.39, 0.29) is 5.91 Å². The number of anilines is 1. The van der Waals surface area contributed by atoms with Gasteiger partial charge in [0.25, 0.3) is 0 Å². The van der Waals surface area contributed by atoms with E-state index in [4.69, 9.17) is 16.3 Å². The predicted octanol–water partition coefficient (Wildman–Crippen LogP) is 4.36. The molecule has 3 nitrogen and oxygen atoms in total. The van der Waals surface area contributed by atoms with Gasteiger partial charge in [-0.15, -0.1) is 0 Å². The molecule has 0 fully saturated rings. The molecule has 0 unspecified atom stereocenters. The summed E-state index contributed by atoms with van der Waals surface area (Å²) in [4.78, 5) is 11.8. The second-order valence-corrected chi connectivity index (χ2v) is 5.29. The fourth-order valence-electron chi connectivity index (χ4n) is 1.92. The molecule has 0 aliphatic carbocycles. The van der Waals surface area contributed by atoms with Crippen LogP contribution in [-0.4, -0.2) is 12.5 Å². The van der Waals surface area contributed by atoms with Gasteiger partial charge in [0, 0.05) is 10.7 Å². The summed E-state index contributed by atoms with van der Waals surface area (Å²) in [6.45, 7) is 4.39. The van der Waals surface area contributed by atoms with Crippen molar-refractivity contribution in [3.63, 3.8) is 0 Å². The molecule has 1 amide bonds. The van der Waals surface area contributed by atoms with E-state index in [2.05, 4.69) is 5.32 Å². The van der Waals surface area contributed by atoms with E-state index in [1.54, 1.807) is 24.3 Å². The van der Waals surface area contributed by atoms with Gasteiger partial charge in [0.15, 0.2) is 0 Å². The molecule has 0 aliphatic rings. The summed E-state index contributed by atoms with van der Waals surface area (Å²) in [6.07, 6.45) is 0.292. The molecule has 1 N–H and O–H groups in total. The molecule has 0 atom stereocenters. The van der Waals surface area contributed by atoms with Gasteiger partial charge in [0.05, 0.1) is 13.0 Å². The molecule has 2 rings (SSSR count). The van der Waals surface area contributed by atoms with Crippen LogP contribution in [0.1, 0.15) is 17.5 Å². The maximum absolute atomic E-state index is 11.8. The highest BCUT2D eigenvalue weighted by molar-refractivity contribution is 6.30. The van der Waals surface area contributed by atoms with Crippen LogP contribution in [0.4, 0.5) is 5.69 Å². The van der Waals surface area contributed by atoms with Crippen molar-refractivity contribution in [1.82, 2.24) is 0 Å². The standard InChI is InChI=1S/C17H18ClNO2/c1-12-5-3-8-16(13(12)2)21-10-9-17(20)19-15-7-4-6-14(18)11-15/h3-8,11H,9-10H2,1-2H3,(H,19,20). The van der Waals surface area contributed by atoms with Crippen LogP contribution >= 0.6 is 11.6 Å². The highest BCUT2D eigenvalue weighted by atomic mass is 35.5. The lowest BCUT2D eigenvalue weighted by molar-refractivity contribution is -0.116. The second-order valence-electron chi connectivity index (χ2n) is 4.86. The molecule has 0 bridgehead atoms. The normalized spacial score (nSPS) is 10.2. The number of nitrogens with one attached hydrogen (secondary N) is 1. The number of carbonyl (C=O) groups excluding carboxylic acids is 1. The number of benzene rings is 2. The molecule has 21 heavy (non-hydrogen) atoms. The number of hydrogen-bond donors (Lipinski definition) is 1. The van der Waals surface area contributed by atoms with E-state index in [0.29, 0.717) is 23.7 Å². The Morgan fingerprint density at radius 2 is 1.95 bits per heavy atom. The predicted molar refractivity (Wildman–Crippen MR) is 86.1 cm³/mol. The largest absolute Gasteiger partial charge is 0.493 e. The number of rotatable bonds is 5. The lowest BCUT2D eigenvalue weighted by Crippen LogP contribution is -2.15. The van der Waals surface area contributed by atoms with Crippen LogP contribution in [0.3, 0.4) is 0 Å². The van der Waals surface area contributed by atoms with Gasteiger partial charge in [-0.3, -0.25) is 4.79 Å². The lowest BCUT2D eigenvalue weighted by Gasteiger charge is -2.11. The maximum Gasteiger partial charge on any atom is 0.227 e. The van der Waals surface area contributed by atoms with Crippen molar-refractivity contribution in [2.75, 3.05) is 11.9 Å². The third-order valence-corrected chi connectivity index (χ3v) is 3.49. The quantitative estimate of drug-likeness (QED) is 0.891. The van der Waals surface area contributed by atoms with Crippen LogP contribution < -0.4 is 10.1 Å². The smallest absolute Gasteiger partial charge is 0.227 e. The number of carbonyl (C=O) groups is 1. The molecule has 0 spiro atoms. The van der Waals surface area contributed by atoms with Crippen LogP contribution in [0.2, 0.25) is 5.02 Å². The fourth-order valence-corrected chi connectivity index (χ4v) is 2.11. The highest BCUT2D eigenvalue weighted by Gasteiger charge is 2.05. The molecular formula is C17H18ClNO2. The minimum Gasteiger partial charge on any atom is -0.493 e. The molecule has 4 heteroatoms. The van der Waals surface area contributed by atoms with Crippen molar-refractivity contribution >= 4 is 23.2 Å². The molecule has 0 radical (unpaired) electrons. The van der Waals surface area contributed by atoms with Crippen molar-refractivity contribution in [2.24, 2.45) is 0 Å². The van der Waals surface area contributed by atoms with E-state index in [0.717, 1.165) is 11.3 Å². The Morgan fingerprint density at radius 3 is 2.71 bits per heavy atom. The van der Waals surface area contributed by atoms with E-state index in [1.807, 2.05) is 32.0 Å². The first-order chi connectivity index (χ1) is 10.1. The molecular weight excluding hydrogens is 286 g/mol. The minimum atomic E-state index is -0.0948. The van der Waals surface area contributed by atoms with Crippen molar-refractivity contribution in [2.45, 2.75) is 20.3 Å². The van der Waals surface area contributed by atoms with Crippen LogP contribution in [0.5, 0.6) is 5.75 Å². The van der Waals surface area contributed by atoms with Crippen LogP contribution in [-0.2, 0) is 4.79 Å². The Bertz CT molecular complexity index is 640. The molecule has 0 aromatic heterocycles. The number of aryl methyl sites for hydroxylation is 1. The number of amides is 1. The SMILES string of the molecule is Cc1cccc(OCCC(=O)Nc2cccc(Cl)c2)c1C. The van der Waals surface area contributed by atoms with E-state index < -0.39 is 0 Å². The molecule has 0 heterocycles. The number of hydrogen-bond acceptors (Lipinski definition) is 2. The zero-order chi connectivity index (χ0) is 15.2. The van der Waals surface area contributed by atoms with Gasteiger partial charge in [-0.2, -0.15) is 0 Å². The average Bonchev–Trinajstić information content (AvgIpc) is 2.43. The molecule has 2 aromatic rings. The van der Waals surface area contributed by atoms with Crippen LogP contribution in [0, 0.1) is 13.8 Å². The summed E-state index contributed by atoms with van der Waals surface area (Å²) in [5.41, 5.74) is 2.97. The summed E-state index contributed by atoms with van der Waals surface area (Å²) in [5.74, 6) is 0.730. The molecule has 2 aromatic carbocycles. The number of ether oxygens (including phenoxy) is 1. The third-order valence-electron chi connectivity index (χ3n) is 3.25. The van der Waals surface area contributed by atoms with Gasteiger partial charge in [-0.25, -0.2) is 0 Å². The molecule has 110 valence electrons. The second kappa shape index (κ2) is 7.14. The minimum absolute atomic E-state index is 0.0948. The zero-order valence-electron chi connectivity index (χ0n) is 12.2. The third kappa shape index (κ3) is 4.50. The first-order valence-electron chi connectivity index (χ1n) is 6.80. The summed E-state index contributed by atoms with van der Waals surface area (Å²) in [6, 6.07) is 13.0. The van der Waals surface area contributed by atoms with E-state index in [9.17, 15) is 4.79 Å². The molecule has 0 saturated carbocycles. The van der Waals surface area contributed by atoms with Gasteiger partial charge in [-0.05, 0) is 49.2 Å². The van der Waals surface area contributed by atoms with Crippen LogP contribution in [0.25, 0.3) is 0 Å². The fraction of sp³-hybridized carbons (Fsp3) is 0.235. The van der Waals surface area contributed by atoms with Gasteiger partial charge in [0.2, 0.25) is 5.91 Å². The summed E-state index contributed by atoms with van der Waals surface area (Å²) >= 11 is 5.87. The van der Waals surface area contributed by atoms with E-state index in [1.165, 1.54) is 5.56 Å². The monoisotopic (exact) mass is 303 g/mol.